The molecular formula is C23H24FN3O2. The number of H-pyrrole nitrogens is 1. The van der Waals surface area contributed by atoms with Gasteiger partial charge in [0.25, 0.3) is 5.91 Å². The molecule has 1 aromatic heterocycles. The number of ether oxygens (including phenoxy) is 1. The first-order valence-corrected chi connectivity index (χ1v) is 10.1. The number of likely N-dealkylation sites (tertiary alicyclic amines) is 1. The summed E-state index contributed by atoms with van der Waals surface area (Å²) >= 11 is 0. The highest BCUT2D eigenvalue weighted by Crippen LogP contribution is 2.41. The number of nitrogens with zero attached hydrogens (tertiary/aromatic N) is 1. The molecule has 150 valence electrons. The van der Waals surface area contributed by atoms with E-state index >= 15 is 0 Å². The maximum atomic E-state index is 14.0. The Bertz CT molecular complexity index is 1080. The van der Waals surface area contributed by atoms with Crippen LogP contribution in [0, 0.1) is 5.82 Å². The molecule has 2 aromatic carbocycles. The highest BCUT2D eigenvalue weighted by atomic mass is 19.1. The van der Waals surface area contributed by atoms with Crippen molar-refractivity contribution in [1.82, 2.24) is 15.2 Å². The monoisotopic (exact) mass is 393 g/mol. The summed E-state index contributed by atoms with van der Waals surface area (Å²) in [5.41, 5.74) is 3.66. The van der Waals surface area contributed by atoms with Gasteiger partial charge in [-0.05, 0) is 55.2 Å². The van der Waals surface area contributed by atoms with E-state index in [0.29, 0.717) is 13.1 Å². The van der Waals surface area contributed by atoms with Crippen molar-refractivity contribution in [2.45, 2.75) is 24.8 Å². The minimum Gasteiger partial charge on any atom is -0.497 e. The number of aromatic nitrogens is 1. The Morgan fingerprint density at radius 3 is 2.72 bits per heavy atom. The lowest BCUT2D eigenvalue weighted by atomic mass is 9.79. The number of rotatable bonds is 2. The predicted molar refractivity (Wildman–Crippen MR) is 110 cm³/mol. The molecule has 1 spiro atoms. The number of carbonyl (C=O) groups is 1. The first-order chi connectivity index (χ1) is 14.1. The maximum absolute atomic E-state index is 14.0. The third-order valence-electron chi connectivity index (χ3n) is 6.44. The van der Waals surface area contributed by atoms with Crippen molar-refractivity contribution in [1.29, 1.82) is 0 Å². The van der Waals surface area contributed by atoms with E-state index in [-0.39, 0.29) is 17.0 Å². The minimum absolute atomic E-state index is 0.151. The maximum Gasteiger partial charge on any atom is 0.256 e. The molecule has 1 saturated heterocycles. The van der Waals surface area contributed by atoms with E-state index < -0.39 is 5.82 Å². The first kappa shape index (κ1) is 18.2. The van der Waals surface area contributed by atoms with Gasteiger partial charge in [0.2, 0.25) is 0 Å². The molecule has 5 nitrogen and oxygen atoms in total. The molecule has 0 bridgehead atoms. The number of benzene rings is 2. The third kappa shape index (κ3) is 2.90. The smallest absolute Gasteiger partial charge is 0.256 e. The summed E-state index contributed by atoms with van der Waals surface area (Å²) in [5, 5.41) is 4.93. The Balaban J connectivity index is 1.43. The van der Waals surface area contributed by atoms with Gasteiger partial charge in [0.1, 0.15) is 11.6 Å². The number of halogens is 1. The number of amides is 1. The summed E-state index contributed by atoms with van der Waals surface area (Å²) in [5.74, 6) is 0.174. The minimum atomic E-state index is -0.458. The van der Waals surface area contributed by atoms with Crippen LogP contribution in [0.15, 0.2) is 42.5 Å². The zero-order valence-electron chi connectivity index (χ0n) is 16.4. The van der Waals surface area contributed by atoms with Gasteiger partial charge in [0, 0.05) is 36.2 Å². The number of nitrogens with one attached hydrogen (secondary N) is 2. The van der Waals surface area contributed by atoms with Gasteiger partial charge in [0.05, 0.1) is 18.2 Å². The Hall–Kier alpha value is -2.86. The van der Waals surface area contributed by atoms with Crippen LogP contribution in [0.5, 0.6) is 5.75 Å². The lowest BCUT2D eigenvalue weighted by Gasteiger charge is -2.44. The molecule has 0 radical (unpaired) electrons. The fraction of sp³-hybridized carbons (Fsp3) is 0.348. The van der Waals surface area contributed by atoms with Crippen molar-refractivity contribution in [3.8, 4) is 5.75 Å². The van der Waals surface area contributed by atoms with Crippen molar-refractivity contribution >= 4 is 16.8 Å². The molecular weight excluding hydrogens is 369 g/mol. The fourth-order valence-corrected chi connectivity index (χ4v) is 4.86. The Kier molecular flexibility index (Phi) is 4.32. The molecule has 0 saturated carbocycles. The number of hydrogen-bond acceptors (Lipinski definition) is 3. The quantitative estimate of drug-likeness (QED) is 0.700. The molecule has 2 aliphatic rings. The molecule has 0 aliphatic carbocycles. The molecule has 29 heavy (non-hydrogen) atoms. The SMILES string of the molecule is COc1ccc2[nH]c3c(c2c1)CCNC31CCN(C(=O)c2ccccc2F)CC1. The molecule has 2 N–H and O–H groups in total. The molecule has 0 unspecified atom stereocenters. The van der Waals surface area contributed by atoms with Crippen molar-refractivity contribution in [2.75, 3.05) is 26.7 Å². The Morgan fingerprint density at radius 2 is 1.97 bits per heavy atom. The van der Waals surface area contributed by atoms with Crippen molar-refractivity contribution in [3.63, 3.8) is 0 Å². The van der Waals surface area contributed by atoms with Crippen LogP contribution < -0.4 is 10.1 Å². The fourth-order valence-electron chi connectivity index (χ4n) is 4.86. The summed E-state index contributed by atoms with van der Waals surface area (Å²) in [6, 6.07) is 12.3. The van der Waals surface area contributed by atoms with Crippen LogP contribution in [0.25, 0.3) is 10.9 Å². The van der Waals surface area contributed by atoms with Gasteiger partial charge >= 0.3 is 0 Å². The van der Waals surface area contributed by atoms with Gasteiger partial charge in [-0.1, -0.05) is 12.1 Å². The van der Waals surface area contributed by atoms with Gasteiger partial charge in [-0.25, -0.2) is 4.39 Å². The van der Waals surface area contributed by atoms with Gasteiger partial charge in [-0.15, -0.1) is 0 Å². The van der Waals surface area contributed by atoms with Gasteiger partial charge in [0.15, 0.2) is 0 Å². The number of carbonyl (C=O) groups excluding carboxylic acids is 1. The highest BCUT2D eigenvalue weighted by molar-refractivity contribution is 5.94. The third-order valence-corrected chi connectivity index (χ3v) is 6.44. The standard InChI is InChI=1S/C23H24FN3O2/c1-29-15-6-7-20-18(14-15)16-8-11-25-23(21(16)26-20)9-12-27(13-10-23)22(28)17-4-2-3-5-19(17)24/h2-7,14,25-26H,8-13H2,1H3. The number of aromatic amines is 1. The molecule has 3 heterocycles. The molecule has 0 atom stereocenters. The molecule has 6 heteroatoms. The van der Waals surface area contributed by atoms with Gasteiger partial charge in [-0.2, -0.15) is 0 Å². The van der Waals surface area contributed by atoms with Gasteiger partial charge < -0.3 is 19.9 Å². The number of methoxy groups -OCH3 is 1. The Labute approximate surface area is 168 Å². The zero-order chi connectivity index (χ0) is 20.0. The first-order valence-electron chi connectivity index (χ1n) is 10.1. The van der Waals surface area contributed by atoms with E-state index in [2.05, 4.69) is 22.4 Å². The van der Waals surface area contributed by atoms with Crippen LogP contribution >= 0.6 is 0 Å². The average Bonchev–Trinajstić information content (AvgIpc) is 3.14. The number of hydrogen-bond donors (Lipinski definition) is 2. The van der Waals surface area contributed by atoms with E-state index in [1.807, 2.05) is 6.07 Å². The normalized spacial score (nSPS) is 18.1. The summed E-state index contributed by atoms with van der Waals surface area (Å²) in [4.78, 5) is 18.2. The lowest BCUT2D eigenvalue weighted by Crippen LogP contribution is -2.55. The summed E-state index contributed by atoms with van der Waals surface area (Å²) in [7, 11) is 1.69. The van der Waals surface area contributed by atoms with Crippen molar-refractivity contribution in [3.05, 3.63) is 65.1 Å². The van der Waals surface area contributed by atoms with E-state index in [0.717, 1.165) is 37.1 Å². The van der Waals surface area contributed by atoms with Gasteiger partial charge in [-0.3, -0.25) is 4.79 Å². The summed E-state index contributed by atoms with van der Waals surface area (Å²) in [6.07, 6.45) is 2.55. The second kappa shape index (κ2) is 6.88. The highest BCUT2D eigenvalue weighted by Gasteiger charge is 2.42. The van der Waals surface area contributed by atoms with E-state index in [4.69, 9.17) is 4.74 Å². The van der Waals surface area contributed by atoms with Crippen molar-refractivity contribution < 1.29 is 13.9 Å². The topological polar surface area (TPSA) is 57.4 Å². The van der Waals surface area contributed by atoms with Crippen LogP contribution in [-0.2, 0) is 12.0 Å². The number of fused-ring (bicyclic) bond motifs is 4. The van der Waals surface area contributed by atoms with Crippen LogP contribution in [0.3, 0.4) is 0 Å². The zero-order valence-corrected chi connectivity index (χ0v) is 16.4. The summed E-state index contributed by atoms with van der Waals surface area (Å²) < 4.78 is 19.5. The van der Waals surface area contributed by atoms with E-state index in [1.165, 1.54) is 22.7 Å². The van der Waals surface area contributed by atoms with Crippen LogP contribution in [-0.4, -0.2) is 42.5 Å². The van der Waals surface area contributed by atoms with Crippen LogP contribution in [0.2, 0.25) is 0 Å². The predicted octanol–water partition coefficient (Wildman–Crippen LogP) is 3.59. The van der Waals surface area contributed by atoms with E-state index in [9.17, 15) is 9.18 Å². The number of piperidine rings is 1. The van der Waals surface area contributed by atoms with Crippen LogP contribution in [0.4, 0.5) is 4.39 Å². The molecule has 5 rings (SSSR count). The average molecular weight is 393 g/mol. The Morgan fingerprint density at radius 1 is 1.17 bits per heavy atom. The molecule has 3 aromatic rings. The molecule has 2 aliphatic heterocycles. The molecule has 1 fully saturated rings. The van der Waals surface area contributed by atoms with E-state index in [1.54, 1.807) is 30.2 Å². The largest absolute Gasteiger partial charge is 0.497 e. The summed E-state index contributed by atoms with van der Waals surface area (Å²) in [6.45, 7) is 2.09. The van der Waals surface area contributed by atoms with Crippen molar-refractivity contribution in [2.24, 2.45) is 0 Å². The lowest BCUT2D eigenvalue weighted by molar-refractivity contribution is 0.0622. The van der Waals surface area contributed by atoms with Crippen LogP contribution in [0.1, 0.15) is 34.5 Å². The second-order valence-corrected chi connectivity index (χ2v) is 7.92. The second-order valence-electron chi connectivity index (χ2n) is 7.92. The molecule has 1 amide bonds.